The van der Waals surface area contributed by atoms with Gasteiger partial charge >= 0.3 is 0 Å². The van der Waals surface area contributed by atoms with Gasteiger partial charge in [-0.1, -0.05) is 13.8 Å². The lowest BCUT2D eigenvalue weighted by Crippen LogP contribution is -2.40. The van der Waals surface area contributed by atoms with E-state index in [2.05, 4.69) is 0 Å². The Morgan fingerprint density at radius 3 is 2.62 bits per heavy atom. The Morgan fingerprint density at radius 1 is 1.29 bits per heavy atom. The Bertz CT molecular complexity index is 679. The van der Waals surface area contributed by atoms with Gasteiger partial charge in [0.15, 0.2) is 0 Å². The number of nitrogen functional groups attached to an aromatic ring is 1. The van der Waals surface area contributed by atoms with Crippen molar-refractivity contribution in [1.29, 1.82) is 0 Å². The molecule has 0 bridgehead atoms. The number of nitrogens with zero attached hydrogens (tertiary/aromatic N) is 1. The predicted molar refractivity (Wildman–Crippen MR) is 86.2 cm³/mol. The molecule has 112 valence electrons. The predicted octanol–water partition coefficient (Wildman–Crippen LogP) is 2.07. The lowest BCUT2D eigenvalue weighted by Gasteiger charge is -2.22. The molecule has 0 aliphatic carbocycles. The molecule has 0 saturated heterocycles. The van der Waals surface area contributed by atoms with Gasteiger partial charge in [-0.25, -0.2) is 0 Å². The first-order valence-electron chi connectivity index (χ1n) is 6.73. The van der Waals surface area contributed by atoms with Gasteiger partial charge in [0.25, 0.3) is 5.91 Å². The number of primary amides is 1. The van der Waals surface area contributed by atoms with E-state index < -0.39 is 5.91 Å². The zero-order valence-corrected chi connectivity index (χ0v) is 12.9. The SMILES string of the molecule is CC(C)CN(CC(N)=O)C(=O)c1cc2cc(N)ccc2s1. The molecular weight excluding hydrogens is 286 g/mol. The Balaban J connectivity index is 2.30. The van der Waals surface area contributed by atoms with Gasteiger partial charge in [0.2, 0.25) is 5.91 Å². The third-order valence-corrected chi connectivity index (χ3v) is 4.07. The molecule has 0 aliphatic heterocycles. The lowest BCUT2D eigenvalue weighted by atomic mass is 10.2. The van der Waals surface area contributed by atoms with Crippen LogP contribution in [0, 0.1) is 5.92 Å². The normalized spacial score (nSPS) is 11.0. The van der Waals surface area contributed by atoms with Gasteiger partial charge in [0.05, 0.1) is 11.4 Å². The fraction of sp³-hybridized carbons (Fsp3) is 0.333. The molecule has 2 aromatic rings. The van der Waals surface area contributed by atoms with Crippen LogP contribution < -0.4 is 11.5 Å². The molecule has 4 N–H and O–H groups in total. The molecule has 0 fully saturated rings. The molecule has 2 amide bonds. The van der Waals surface area contributed by atoms with Crippen LogP contribution in [0.3, 0.4) is 0 Å². The van der Waals surface area contributed by atoms with Gasteiger partial charge in [0.1, 0.15) is 0 Å². The Labute approximate surface area is 127 Å². The van der Waals surface area contributed by atoms with Gasteiger partial charge < -0.3 is 16.4 Å². The molecule has 1 heterocycles. The average Bonchev–Trinajstić information content (AvgIpc) is 2.78. The van der Waals surface area contributed by atoms with Crippen LogP contribution in [0.5, 0.6) is 0 Å². The van der Waals surface area contributed by atoms with Gasteiger partial charge in [-0.2, -0.15) is 0 Å². The lowest BCUT2D eigenvalue weighted by molar-refractivity contribution is -0.118. The zero-order chi connectivity index (χ0) is 15.6. The molecule has 0 atom stereocenters. The van der Waals surface area contributed by atoms with Crippen molar-refractivity contribution in [2.75, 3.05) is 18.8 Å². The summed E-state index contributed by atoms with van der Waals surface area (Å²) >= 11 is 1.40. The number of anilines is 1. The summed E-state index contributed by atoms with van der Waals surface area (Å²) in [5.74, 6) is -0.407. The zero-order valence-electron chi connectivity index (χ0n) is 12.1. The first-order valence-corrected chi connectivity index (χ1v) is 7.55. The maximum Gasteiger partial charge on any atom is 0.264 e. The van der Waals surface area contributed by atoms with Crippen LogP contribution in [0.1, 0.15) is 23.5 Å². The molecule has 0 radical (unpaired) electrons. The van der Waals surface area contributed by atoms with Gasteiger partial charge in [0, 0.05) is 16.9 Å². The summed E-state index contributed by atoms with van der Waals surface area (Å²) in [5, 5.41) is 0.937. The molecule has 0 saturated carbocycles. The minimum absolute atomic E-state index is 0.0621. The van der Waals surface area contributed by atoms with Crippen LogP contribution in [-0.4, -0.2) is 29.8 Å². The monoisotopic (exact) mass is 305 g/mol. The number of carbonyl (C=O) groups is 2. The molecule has 6 heteroatoms. The highest BCUT2D eigenvalue weighted by molar-refractivity contribution is 7.20. The second-order valence-electron chi connectivity index (χ2n) is 5.45. The maximum absolute atomic E-state index is 12.6. The van der Waals surface area contributed by atoms with E-state index in [9.17, 15) is 9.59 Å². The number of benzene rings is 1. The van der Waals surface area contributed by atoms with E-state index in [0.29, 0.717) is 17.1 Å². The molecule has 0 aliphatic rings. The standard InChI is InChI=1S/C15H19N3O2S/c1-9(2)7-18(8-14(17)19)15(20)13-6-10-5-11(16)3-4-12(10)21-13/h3-6,9H,7-8,16H2,1-2H3,(H2,17,19). The summed E-state index contributed by atoms with van der Waals surface area (Å²) < 4.78 is 0.996. The third kappa shape index (κ3) is 3.72. The van der Waals surface area contributed by atoms with E-state index >= 15 is 0 Å². The molecule has 2 rings (SSSR count). The van der Waals surface area contributed by atoms with Crippen molar-refractivity contribution >= 4 is 38.9 Å². The van der Waals surface area contributed by atoms with Crippen LogP contribution in [0.15, 0.2) is 24.3 Å². The number of hydrogen-bond donors (Lipinski definition) is 2. The van der Waals surface area contributed by atoms with E-state index in [1.807, 2.05) is 38.1 Å². The molecule has 21 heavy (non-hydrogen) atoms. The second kappa shape index (κ2) is 6.13. The molecule has 0 unspecified atom stereocenters. The van der Waals surface area contributed by atoms with Gasteiger partial charge in [-0.3, -0.25) is 9.59 Å². The topological polar surface area (TPSA) is 89.4 Å². The highest BCUT2D eigenvalue weighted by atomic mass is 32.1. The van der Waals surface area contributed by atoms with Crippen LogP contribution >= 0.6 is 11.3 Å². The van der Waals surface area contributed by atoms with E-state index in [4.69, 9.17) is 11.5 Å². The first-order chi connectivity index (χ1) is 9.86. The summed E-state index contributed by atoms with van der Waals surface area (Å²) in [4.78, 5) is 25.8. The van der Waals surface area contributed by atoms with Crippen molar-refractivity contribution in [1.82, 2.24) is 4.90 Å². The van der Waals surface area contributed by atoms with Crippen LogP contribution in [0.25, 0.3) is 10.1 Å². The van der Waals surface area contributed by atoms with Crippen LogP contribution in [0.2, 0.25) is 0 Å². The van der Waals surface area contributed by atoms with Crippen LogP contribution in [-0.2, 0) is 4.79 Å². The van der Waals surface area contributed by atoms with Gasteiger partial charge in [-0.15, -0.1) is 11.3 Å². The highest BCUT2D eigenvalue weighted by Gasteiger charge is 2.20. The first kappa shape index (κ1) is 15.3. The molecule has 0 spiro atoms. The Morgan fingerprint density at radius 2 is 2.00 bits per heavy atom. The number of amides is 2. The summed E-state index contributed by atoms with van der Waals surface area (Å²) in [6.45, 7) is 4.42. The van der Waals surface area contributed by atoms with Crippen molar-refractivity contribution in [2.24, 2.45) is 11.7 Å². The van der Waals surface area contributed by atoms with E-state index in [1.165, 1.54) is 16.2 Å². The number of carbonyl (C=O) groups excluding carboxylic acids is 2. The minimum atomic E-state index is -0.505. The fourth-order valence-corrected chi connectivity index (χ4v) is 3.18. The molecular formula is C15H19N3O2S. The van der Waals surface area contributed by atoms with E-state index in [1.54, 1.807) is 0 Å². The second-order valence-corrected chi connectivity index (χ2v) is 6.54. The Hall–Kier alpha value is -2.08. The summed E-state index contributed by atoms with van der Waals surface area (Å²) in [6.07, 6.45) is 0. The smallest absolute Gasteiger partial charge is 0.264 e. The van der Waals surface area contributed by atoms with E-state index in [0.717, 1.165) is 10.1 Å². The summed E-state index contributed by atoms with van der Waals surface area (Å²) in [7, 11) is 0. The number of hydrogen-bond acceptors (Lipinski definition) is 4. The highest BCUT2D eigenvalue weighted by Crippen LogP contribution is 2.28. The van der Waals surface area contributed by atoms with Crippen molar-refractivity contribution in [3.63, 3.8) is 0 Å². The molecule has 1 aromatic heterocycles. The number of rotatable bonds is 5. The summed E-state index contributed by atoms with van der Waals surface area (Å²) in [5.41, 5.74) is 11.6. The summed E-state index contributed by atoms with van der Waals surface area (Å²) in [6, 6.07) is 7.35. The third-order valence-electron chi connectivity index (χ3n) is 2.97. The number of nitrogens with two attached hydrogens (primary N) is 2. The van der Waals surface area contributed by atoms with Crippen molar-refractivity contribution in [2.45, 2.75) is 13.8 Å². The average molecular weight is 305 g/mol. The fourth-order valence-electron chi connectivity index (χ4n) is 2.17. The van der Waals surface area contributed by atoms with Crippen LogP contribution in [0.4, 0.5) is 5.69 Å². The quantitative estimate of drug-likeness (QED) is 0.829. The number of thiophene rings is 1. The van der Waals surface area contributed by atoms with Gasteiger partial charge in [-0.05, 0) is 35.6 Å². The van der Waals surface area contributed by atoms with Crippen molar-refractivity contribution in [3.05, 3.63) is 29.1 Å². The molecule has 1 aromatic carbocycles. The number of fused-ring (bicyclic) bond motifs is 1. The largest absolute Gasteiger partial charge is 0.399 e. The van der Waals surface area contributed by atoms with E-state index in [-0.39, 0.29) is 18.4 Å². The molecule has 5 nitrogen and oxygen atoms in total. The van der Waals surface area contributed by atoms with Crippen molar-refractivity contribution < 1.29 is 9.59 Å². The minimum Gasteiger partial charge on any atom is -0.399 e. The Kier molecular flexibility index (Phi) is 4.47. The van der Waals surface area contributed by atoms with Crippen molar-refractivity contribution in [3.8, 4) is 0 Å². The maximum atomic E-state index is 12.6.